The zero-order chi connectivity index (χ0) is 19.7. The Morgan fingerprint density at radius 2 is 1.96 bits per heavy atom. The summed E-state index contributed by atoms with van der Waals surface area (Å²) in [6.07, 6.45) is 3.54. The fourth-order valence-corrected chi connectivity index (χ4v) is 4.04. The Balaban J connectivity index is 1.58. The normalized spacial score (nSPS) is 22.3. The summed E-state index contributed by atoms with van der Waals surface area (Å²) in [5.41, 5.74) is 1.58. The molecule has 3 heterocycles. The molecule has 0 saturated carbocycles. The molecule has 0 aliphatic carbocycles. The van der Waals surface area contributed by atoms with Gasteiger partial charge in [-0.15, -0.1) is 0 Å². The second-order valence-corrected chi connectivity index (χ2v) is 7.60. The van der Waals surface area contributed by atoms with Crippen LogP contribution in [-0.2, 0) is 4.74 Å². The van der Waals surface area contributed by atoms with Gasteiger partial charge >= 0.3 is 6.09 Å². The molecule has 2 fully saturated rings. The maximum Gasteiger partial charge on any atom is 0.410 e. The zero-order valence-electron chi connectivity index (χ0n) is 16.2. The van der Waals surface area contributed by atoms with Crippen molar-refractivity contribution in [3.8, 4) is 11.3 Å². The van der Waals surface area contributed by atoms with Gasteiger partial charge in [0.2, 0.25) is 0 Å². The monoisotopic (exact) mass is 380 g/mol. The summed E-state index contributed by atoms with van der Waals surface area (Å²) in [6.45, 7) is 3.57. The lowest BCUT2D eigenvalue weighted by Gasteiger charge is -2.25. The minimum Gasteiger partial charge on any atom is -0.441 e. The van der Waals surface area contributed by atoms with E-state index in [9.17, 15) is 9.59 Å². The number of aromatic nitrogens is 2. The van der Waals surface area contributed by atoms with E-state index in [-0.39, 0.29) is 12.0 Å². The van der Waals surface area contributed by atoms with Crippen molar-refractivity contribution in [2.45, 2.75) is 31.8 Å². The Labute approximate surface area is 164 Å². The van der Waals surface area contributed by atoms with Crippen LogP contribution in [0.1, 0.15) is 35.4 Å². The lowest BCUT2D eigenvalue weighted by atomic mass is 9.95. The van der Waals surface area contributed by atoms with Crippen molar-refractivity contribution in [3.63, 3.8) is 0 Å². The van der Waals surface area contributed by atoms with Gasteiger partial charge in [0, 0.05) is 38.3 Å². The molecular formula is C21H24N4O3. The first kappa shape index (κ1) is 18.4. The topological polar surface area (TPSA) is 75.6 Å². The highest BCUT2D eigenvalue weighted by atomic mass is 16.6. The molecule has 2 aliphatic rings. The number of benzene rings is 1. The highest BCUT2D eigenvalue weighted by molar-refractivity contribution is 5.99. The maximum absolute atomic E-state index is 13.3. The van der Waals surface area contributed by atoms with Crippen molar-refractivity contribution in [2.75, 3.05) is 26.7 Å². The minimum atomic E-state index is -0.479. The Kier molecular flexibility index (Phi) is 4.75. The maximum atomic E-state index is 13.3. The van der Waals surface area contributed by atoms with Gasteiger partial charge in [-0.25, -0.2) is 14.8 Å². The SMILES string of the molecule is Cc1ncc(C(=O)N2CCCC3(CC2)CN(C)C(=O)O3)c(-c2ccccc2)n1. The molecule has 4 rings (SSSR count). The van der Waals surface area contributed by atoms with Crippen molar-refractivity contribution in [1.82, 2.24) is 19.8 Å². The lowest BCUT2D eigenvalue weighted by molar-refractivity contribution is 0.0438. The molecule has 28 heavy (non-hydrogen) atoms. The van der Waals surface area contributed by atoms with Crippen LogP contribution in [0, 0.1) is 6.92 Å². The first-order valence-electron chi connectivity index (χ1n) is 9.60. The van der Waals surface area contributed by atoms with E-state index in [1.165, 1.54) is 0 Å². The van der Waals surface area contributed by atoms with E-state index in [0.29, 0.717) is 43.1 Å². The minimum absolute atomic E-state index is 0.0754. The van der Waals surface area contributed by atoms with Crippen molar-refractivity contribution in [3.05, 3.63) is 47.9 Å². The average molecular weight is 380 g/mol. The molecule has 1 atom stereocenters. The van der Waals surface area contributed by atoms with Gasteiger partial charge in [0.05, 0.1) is 17.8 Å². The van der Waals surface area contributed by atoms with Gasteiger partial charge in [-0.05, 0) is 19.8 Å². The van der Waals surface area contributed by atoms with Crippen molar-refractivity contribution >= 4 is 12.0 Å². The van der Waals surface area contributed by atoms with E-state index in [1.807, 2.05) is 42.2 Å². The van der Waals surface area contributed by atoms with Crippen LogP contribution in [0.2, 0.25) is 0 Å². The quantitative estimate of drug-likeness (QED) is 0.801. The number of likely N-dealkylation sites (tertiary alicyclic amines) is 1. The molecule has 1 unspecified atom stereocenters. The molecule has 1 spiro atoms. The second-order valence-electron chi connectivity index (χ2n) is 7.60. The van der Waals surface area contributed by atoms with E-state index in [1.54, 1.807) is 18.1 Å². The number of aryl methyl sites for hydroxylation is 1. The van der Waals surface area contributed by atoms with Gasteiger partial charge in [0.15, 0.2) is 0 Å². The largest absolute Gasteiger partial charge is 0.441 e. The predicted octanol–water partition coefficient (Wildman–Crippen LogP) is 2.90. The molecule has 0 N–H and O–H groups in total. The van der Waals surface area contributed by atoms with Gasteiger partial charge in [0.25, 0.3) is 5.91 Å². The van der Waals surface area contributed by atoms with Gasteiger partial charge < -0.3 is 14.5 Å². The third kappa shape index (κ3) is 3.44. The molecule has 1 aromatic heterocycles. The summed E-state index contributed by atoms with van der Waals surface area (Å²) < 4.78 is 5.65. The number of carbonyl (C=O) groups excluding carboxylic acids is 2. The molecule has 2 aromatic rings. The molecule has 2 amide bonds. The summed E-state index contributed by atoms with van der Waals surface area (Å²) in [6, 6.07) is 9.70. The number of ether oxygens (including phenoxy) is 1. The van der Waals surface area contributed by atoms with Crippen LogP contribution in [-0.4, -0.2) is 64.1 Å². The Hall–Kier alpha value is -2.96. The summed E-state index contributed by atoms with van der Waals surface area (Å²) in [5, 5.41) is 0. The number of hydrogen-bond donors (Lipinski definition) is 0. The highest BCUT2D eigenvalue weighted by Crippen LogP contribution is 2.33. The number of rotatable bonds is 2. The first-order chi connectivity index (χ1) is 13.5. The standard InChI is InChI=1S/C21H24N4O3/c1-15-22-13-17(18(23-15)16-7-4-3-5-8-16)19(26)25-11-6-9-21(10-12-25)14-24(2)20(27)28-21/h3-5,7-8,13H,6,9-12,14H2,1-2H3. The average Bonchev–Trinajstić information content (AvgIpc) is 2.85. The predicted molar refractivity (Wildman–Crippen MR) is 104 cm³/mol. The number of carbonyl (C=O) groups is 2. The molecule has 2 saturated heterocycles. The third-order valence-corrected chi connectivity index (χ3v) is 5.51. The van der Waals surface area contributed by atoms with Gasteiger partial charge in [-0.3, -0.25) is 4.79 Å². The molecule has 0 radical (unpaired) electrons. The number of likely N-dealkylation sites (N-methyl/N-ethyl adjacent to an activating group) is 1. The summed E-state index contributed by atoms with van der Waals surface area (Å²) >= 11 is 0. The number of hydrogen-bond acceptors (Lipinski definition) is 5. The van der Waals surface area contributed by atoms with E-state index in [0.717, 1.165) is 18.4 Å². The smallest absolute Gasteiger partial charge is 0.410 e. The summed E-state index contributed by atoms with van der Waals surface area (Å²) in [4.78, 5) is 37.4. The number of nitrogens with zero attached hydrogens (tertiary/aromatic N) is 4. The summed E-state index contributed by atoms with van der Waals surface area (Å²) in [5.74, 6) is 0.555. The number of amides is 2. The fraction of sp³-hybridized carbons (Fsp3) is 0.429. The zero-order valence-corrected chi connectivity index (χ0v) is 16.2. The third-order valence-electron chi connectivity index (χ3n) is 5.51. The Morgan fingerprint density at radius 1 is 1.18 bits per heavy atom. The Bertz CT molecular complexity index is 902. The van der Waals surface area contributed by atoms with Gasteiger partial charge in [-0.1, -0.05) is 30.3 Å². The van der Waals surface area contributed by atoms with Gasteiger partial charge in [-0.2, -0.15) is 0 Å². The van der Waals surface area contributed by atoms with E-state index in [4.69, 9.17) is 4.74 Å². The molecule has 1 aromatic carbocycles. The van der Waals surface area contributed by atoms with Crippen molar-refractivity contribution in [2.24, 2.45) is 0 Å². The first-order valence-corrected chi connectivity index (χ1v) is 9.60. The second kappa shape index (κ2) is 7.22. The van der Waals surface area contributed by atoms with Crippen LogP contribution in [0.4, 0.5) is 4.79 Å². The molecule has 7 nitrogen and oxygen atoms in total. The van der Waals surface area contributed by atoms with Gasteiger partial charge in [0.1, 0.15) is 11.4 Å². The van der Waals surface area contributed by atoms with E-state index in [2.05, 4.69) is 9.97 Å². The highest BCUT2D eigenvalue weighted by Gasteiger charge is 2.44. The van der Waals surface area contributed by atoms with Crippen LogP contribution < -0.4 is 0 Å². The van der Waals surface area contributed by atoms with Crippen LogP contribution in [0.5, 0.6) is 0 Å². The van der Waals surface area contributed by atoms with Crippen molar-refractivity contribution in [1.29, 1.82) is 0 Å². The van der Waals surface area contributed by atoms with Crippen molar-refractivity contribution < 1.29 is 14.3 Å². The molecule has 146 valence electrons. The molecule has 0 bridgehead atoms. The van der Waals surface area contributed by atoms with E-state index < -0.39 is 5.60 Å². The Morgan fingerprint density at radius 3 is 2.68 bits per heavy atom. The lowest BCUT2D eigenvalue weighted by Crippen LogP contribution is -2.37. The summed E-state index contributed by atoms with van der Waals surface area (Å²) in [7, 11) is 1.75. The van der Waals surface area contributed by atoms with Crippen LogP contribution in [0.3, 0.4) is 0 Å². The molecule has 7 heteroatoms. The van der Waals surface area contributed by atoms with Crippen LogP contribution in [0.25, 0.3) is 11.3 Å². The molecule has 2 aliphatic heterocycles. The van der Waals surface area contributed by atoms with Crippen LogP contribution in [0.15, 0.2) is 36.5 Å². The van der Waals surface area contributed by atoms with E-state index >= 15 is 0 Å². The molecular weight excluding hydrogens is 356 g/mol. The fourth-order valence-electron chi connectivity index (χ4n) is 4.04. The van der Waals surface area contributed by atoms with Crippen LogP contribution >= 0.6 is 0 Å².